The number of aryl methyl sites for hydroxylation is 4. The molecule has 8 heterocycles. The van der Waals surface area contributed by atoms with Crippen LogP contribution in [0, 0.1) is 39.3 Å². The first kappa shape index (κ1) is 45.2. The van der Waals surface area contributed by atoms with Crippen molar-refractivity contribution in [1.29, 1.82) is 0 Å². The molecule has 0 unspecified atom stereocenters. The molecule has 0 bridgehead atoms. The Balaban J connectivity index is 0.000000163. The number of carbonyl (C=O) groups excluding carboxylic acids is 2. The molecule has 1 N–H and O–H groups in total. The molecule has 6 aromatic heterocycles. The van der Waals surface area contributed by atoms with Gasteiger partial charge in [0.15, 0.2) is 22.9 Å². The molecule has 7 aromatic rings. The van der Waals surface area contributed by atoms with E-state index in [1.165, 1.54) is 11.0 Å². The van der Waals surface area contributed by atoms with E-state index in [2.05, 4.69) is 20.6 Å². The topological polar surface area (TPSA) is 163 Å². The van der Waals surface area contributed by atoms with Gasteiger partial charge < -0.3 is 28.4 Å². The maximum atomic E-state index is 14.1. The number of rotatable bonds is 7. The standard InChI is InChI=1S/C27H25F4N5O2.C21H23F2N5O2/c1-14-24(15(2)38-34-14)16-11-21-25(32-13-16)36(17-7-9-27(30,31)10-8-17)26(33-21)22-5-6-23(37)35(22)18-3-4-19(28)20(29)12-18;1-11-18(12(2)30-27-11)13-9-16-19(24-10-13)28(14-5-7-21(22,23)8-6-14)20(26-16)15-3-4-17(29)25-15/h3-4,11-13,17,22H,5-10H2,1-2H3;9-10,14-15H,3-8H2,1-2H3,(H,25,29)/t22-;15-/m00/s1. The molecule has 2 saturated carbocycles. The van der Waals surface area contributed by atoms with Crippen LogP contribution in [0.4, 0.5) is 32.0 Å². The molecular formula is C48H48F6N10O4. The Morgan fingerprint density at radius 2 is 1.16 bits per heavy atom. The lowest BCUT2D eigenvalue weighted by Gasteiger charge is -2.32. The Morgan fingerprint density at radius 3 is 1.63 bits per heavy atom. The Bertz CT molecular complexity index is 3040. The normalized spacial score (nSPS) is 20.9. The van der Waals surface area contributed by atoms with Crippen molar-refractivity contribution < 1.29 is 45.0 Å². The summed E-state index contributed by atoms with van der Waals surface area (Å²) in [4.78, 5) is 45.3. The summed E-state index contributed by atoms with van der Waals surface area (Å²) >= 11 is 0. The van der Waals surface area contributed by atoms with Crippen LogP contribution in [0.15, 0.2) is 51.8 Å². The fourth-order valence-electron chi connectivity index (χ4n) is 10.5. The molecule has 2 saturated heterocycles. The number of pyridine rings is 2. The third-order valence-corrected chi connectivity index (χ3v) is 13.9. The first-order valence-electron chi connectivity index (χ1n) is 22.9. The van der Waals surface area contributed by atoms with E-state index in [9.17, 15) is 35.9 Å². The molecular weight excluding hydrogens is 895 g/mol. The lowest BCUT2D eigenvalue weighted by molar-refractivity contribution is -0.119. The summed E-state index contributed by atoms with van der Waals surface area (Å²) in [6.45, 7) is 7.35. The van der Waals surface area contributed by atoms with Crippen molar-refractivity contribution in [3.63, 3.8) is 0 Å². The average Bonchev–Trinajstić information content (AvgIpc) is 4.17. The van der Waals surface area contributed by atoms with E-state index in [1.807, 2.05) is 42.0 Å². The Kier molecular flexibility index (Phi) is 11.4. The van der Waals surface area contributed by atoms with Gasteiger partial charge in [0.05, 0.1) is 23.5 Å². The van der Waals surface area contributed by atoms with Gasteiger partial charge in [-0.3, -0.25) is 9.59 Å². The number of anilines is 1. The highest BCUT2D eigenvalue weighted by molar-refractivity contribution is 5.96. The van der Waals surface area contributed by atoms with Gasteiger partial charge in [-0.2, -0.15) is 0 Å². The number of amides is 2. The summed E-state index contributed by atoms with van der Waals surface area (Å²) in [5, 5.41) is 11.0. The fraction of sp³-hybridized carbons (Fsp3) is 0.458. The number of hydrogen-bond acceptors (Lipinski definition) is 10. The Morgan fingerprint density at radius 1 is 0.647 bits per heavy atom. The van der Waals surface area contributed by atoms with Crippen LogP contribution in [0.3, 0.4) is 0 Å². The predicted molar refractivity (Wildman–Crippen MR) is 236 cm³/mol. The molecule has 4 fully saturated rings. The number of alkyl halides is 4. The van der Waals surface area contributed by atoms with Gasteiger partial charge in [0.1, 0.15) is 34.2 Å². The Labute approximate surface area is 385 Å². The number of aromatic nitrogens is 8. The fourth-order valence-corrected chi connectivity index (χ4v) is 10.5. The van der Waals surface area contributed by atoms with Crippen LogP contribution in [-0.2, 0) is 9.59 Å². The number of halogens is 6. The van der Waals surface area contributed by atoms with Crippen molar-refractivity contribution in [3.8, 4) is 22.3 Å². The molecule has 2 aliphatic heterocycles. The van der Waals surface area contributed by atoms with Crippen molar-refractivity contribution in [2.24, 2.45) is 0 Å². The van der Waals surface area contributed by atoms with Gasteiger partial charge >= 0.3 is 0 Å². The lowest BCUT2D eigenvalue weighted by atomic mass is 9.91. The minimum atomic E-state index is -2.72. The molecule has 4 aliphatic rings. The van der Waals surface area contributed by atoms with Crippen LogP contribution < -0.4 is 10.2 Å². The van der Waals surface area contributed by atoms with Crippen LogP contribution in [0.1, 0.15) is 136 Å². The van der Waals surface area contributed by atoms with Gasteiger partial charge in [-0.1, -0.05) is 10.3 Å². The molecule has 1 aromatic carbocycles. The van der Waals surface area contributed by atoms with Gasteiger partial charge in [-0.15, -0.1) is 0 Å². The number of nitrogens with one attached hydrogen (secondary N) is 1. The van der Waals surface area contributed by atoms with Gasteiger partial charge in [0, 0.05) is 97.0 Å². The molecule has 2 aliphatic carbocycles. The molecule has 356 valence electrons. The van der Waals surface area contributed by atoms with E-state index in [0.717, 1.165) is 40.1 Å². The number of hydrogen-bond donors (Lipinski definition) is 1. The smallest absolute Gasteiger partial charge is 0.248 e. The van der Waals surface area contributed by atoms with Gasteiger partial charge in [-0.25, -0.2) is 46.3 Å². The quantitative estimate of drug-likeness (QED) is 0.152. The highest BCUT2D eigenvalue weighted by Gasteiger charge is 2.42. The minimum absolute atomic E-state index is 0.0156. The van der Waals surface area contributed by atoms with Crippen LogP contribution in [0.25, 0.3) is 44.6 Å². The molecule has 2 amide bonds. The third-order valence-electron chi connectivity index (χ3n) is 13.9. The maximum Gasteiger partial charge on any atom is 0.248 e. The largest absolute Gasteiger partial charge is 0.361 e. The number of fused-ring (bicyclic) bond motifs is 2. The lowest BCUT2D eigenvalue weighted by Crippen LogP contribution is -2.32. The number of imidazole rings is 2. The third kappa shape index (κ3) is 8.28. The van der Waals surface area contributed by atoms with Crippen LogP contribution >= 0.6 is 0 Å². The molecule has 14 nitrogen and oxygen atoms in total. The summed E-state index contributed by atoms with van der Waals surface area (Å²) < 4.78 is 97.8. The van der Waals surface area contributed by atoms with E-state index < -0.39 is 29.5 Å². The summed E-state index contributed by atoms with van der Waals surface area (Å²) in [7, 11) is 0. The number of carbonyl (C=O) groups is 2. The molecule has 0 radical (unpaired) electrons. The molecule has 20 heteroatoms. The van der Waals surface area contributed by atoms with E-state index in [-0.39, 0.29) is 80.6 Å². The number of benzene rings is 1. The van der Waals surface area contributed by atoms with Crippen molar-refractivity contribution >= 4 is 39.8 Å². The second-order valence-electron chi connectivity index (χ2n) is 18.5. The van der Waals surface area contributed by atoms with Crippen LogP contribution in [-0.4, -0.2) is 63.0 Å². The van der Waals surface area contributed by atoms with E-state index in [4.69, 9.17) is 24.0 Å². The second-order valence-corrected chi connectivity index (χ2v) is 18.5. The average molecular weight is 943 g/mol. The van der Waals surface area contributed by atoms with E-state index in [0.29, 0.717) is 83.3 Å². The van der Waals surface area contributed by atoms with Gasteiger partial charge in [0.25, 0.3) is 0 Å². The number of nitrogens with zero attached hydrogens (tertiary/aromatic N) is 9. The van der Waals surface area contributed by atoms with Crippen molar-refractivity contribution in [2.45, 2.75) is 141 Å². The van der Waals surface area contributed by atoms with Gasteiger partial charge in [-0.05, 0) is 90.5 Å². The zero-order valence-corrected chi connectivity index (χ0v) is 37.8. The summed E-state index contributed by atoms with van der Waals surface area (Å²) in [6.07, 6.45) is 5.45. The first-order valence-corrected chi connectivity index (χ1v) is 22.9. The van der Waals surface area contributed by atoms with Crippen LogP contribution in [0.5, 0.6) is 0 Å². The Hall–Kier alpha value is -6.60. The summed E-state index contributed by atoms with van der Waals surface area (Å²) in [6, 6.07) is 5.90. The van der Waals surface area contributed by atoms with Gasteiger partial charge in [0.2, 0.25) is 23.7 Å². The van der Waals surface area contributed by atoms with Crippen molar-refractivity contribution in [3.05, 3.63) is 88.9 Å². The van der Waals surface area contributed by atoms with E-state index in [1.54, 1.807) is 19.3 Å². The van der Waals surface area contributed by atoms with E-state index >= 15 is 0 Å². The first-order chi connectivity index (χ1) is 32.4. The maximum absolute atomic E-state index is 14.1. The predicted octanol–water partition coefficient (Wildman–Crippen LogP) is 11.0. The minimum Gasteiger partial charge on any atom is -0.361 e. The highest BCUT2D eigenvalue weighted by atomic mass is 19.3. The second kappa shape index (κ2) is 17.2. The molecule has 0 spiro atoms. The van der Waals surface area contributed by atoms with Crippen molar-refractivity contribution in [2.75, 3.05) is 4.90 Å². The summed E-state index contributed by atoms with van der Waals surface area (Å²) in [5.74, 6) is -5.15. The summed E-state index contributed by atoms with van der Waals surface area (Å²) in [5.41, 5.74) is 7.37. The highest BCUT2D eigenvalue weighted by Crippen LogP contribution is 2.45. The van der Waals surface area contributed by atoms with Crippen LogP contribution in [0.2, 0.25) is 0 Å². The van der Waals surface area contributed by atoms with Crippen molar-refractivity contribution in [1.82, 2.24) is 44.7 Å². The molecule has 68 heavy (non-hydrogen) atoms. The zero-order chi connectivity index (χ0) is 47.8. The monoisotopic (exact) mass is 942 g/mol. The zero-order valence-electron chi connectivity index (χ0n) is 37.8. The molecule has 2 atom stereocenters. The SMILES string of the molecule is Cc1noc(C)c1-c1cnc2c(c1)nc([C@@H]1CCC(=O)N1)n2C1CCC(F)(F)CC1.Cc1noc(C)c1-c1cnc2c(c1)nc([C@@H]1CCC(=O)N1c1ccc(F)c(F)c1)n2C1CCC(F)(F)CC1. The molecule has 11 rings (SSSR count).